The highest BCUT2D eigenvalue weighted by Crippen LogP contribution is 2.40. The molecular formula is C26H24N2O. The predicted octanol–water partition coefficient (Wildman–Crippen LogP) is 6.38. The Morgan fingerprint density at radius 1 is 0.966 bits per heavy atom. The van der Waals surface area contributed by atoms with Crippen LogP contribution in [0.5, 0.6) is 5.75 Å². The fourth-order valence-electron chi connectivity index (χ4n) is 3.91. The highest BCUT2D eigenvalue weighted by Gasteiger charge is 2.26. The fraction of sp³-hybridized carbons (Fsp3) is 0.231. The van der Waals surface area contributed by atoms with Crippen LogP contribution in [-0.4, -0.2) is 17.1 Å². The second-order valence-electron chi connectivity index (χ2n) is 7.89. The van der Waals surface area contributed by atoms with Gasteiger partial charge in [0.1, 0.15) is 5.75 Å². The number of benzene rings is 2. The van der Waals surface area contributed by atoms with Crippen molar-refractivity contribution in [2.24, 2.45) is 5.92 Å². The summed E-state index contributed by atoms with van der Waals surface area (Å²) in [6.45, 7) is 2.18. The maximum absolute atomic E-state index is 5.44. The summed E-state index contributed by atoms with van der Waals surface area (Å²) in [6, 6.07) is 16.3. The van der Waals surface area contributed by atoms with Gasteiger partial charge in [0.25, 0.3) is 0 Å². The van der Waals surface area contributed by atoms with E-state index in [2.05, 4.69) is 43.4 Å². The van der Waals surface area contributed by atoms with Crippen LogP contribution in [0.1, 0.15) is 32.0 Å². The highest BCUT2D eigenvalue weighted by molar-refractivity contribution is 5.93. The van der Waals surface area contributed by atoms with Crippen molar-refractivity contribution in [3.8, 4) is 17.0 Å². The van der Waals surface area contributed by atoms with E-state index in [0.717, 1.165) is 40.2 Å². The van der Waals surface area contributed by atoms with Crippen molar-refractivity contribution in [2.75, 3.05) is 7.11 Å². The minimum Gasteiger partial charge on any atom is -0.497 e. The molecule has 2 aliphatic carbocycles. The van der Waals surface area contributed by atoms with Gasteiger partial charge in [0.15, 0.2) is 5.82 Å². The van der Waals surface area contributed by atoms with Crippen LogP contribution in [-0.2, 0) is 0 Å². The number of aromatic nitrogens is 2. The highest BCUT2D eigenvalue weighted by atomic mass is 16.5. The van der Waals surface area contributed by atoms with Crippen LogP contribution in [0.4, 0.5) is 0 Å². The minimum absolute atomic E-state index is 0.699. The second-order valence-corrected chi connectivity index (χ2v) is 7.89. The van der Waals surface area contributed by atoms with Crippen molar-refractivity contribution in [1.82, 2.24) is 9.97 Å². The van der Waals surface area contributed by atoms with Crippen LogP contribution in [0.2, 0.25) is 0 Å². The quantitative estimate of drug-likeness (QED) is 0.527. The van der Waals surface area contributed by atoms with Gasteiger partial charge in [-0.15, -0.1) is 0 Å². The smallest absolute Gasteiger partial charge is 0.156 e. The molecule has 1 aromatic heterocycles. The third-order valence-electron chi connectivity index (χ3n) is 5.66. The van der Waals surface area contributed by atoms with Crippen LogP contribution < -0.4 is 4.74 Å². The van der Waals surface area contributed by atoms with Gasteiger partial charge in [0.2, 0.25) is 0 Å². The molecule has 0 spiro atoms. The van der Waals surface area contributed by atoms with E-state index in [1.54, 1.807) is 7.11 Å². The van der Waals surface area contributed by atoms with E-state index in [0.29, 0.717) is 5.92 Å². The number of ether oxygens (including phenoxy) is 1. The third kappa shape index (κ3) is 3.61. The molecule has 0 radical (unpaired) electrons. The lowest BCUT2D eigenvalue weighted by Crippen LogP contribution is -1.99. The molecule has 0 aliphatic heterocycles. The molecule has 0 bridgehead atoms. The zero-order valence-electron chi connectivity index (χ0n) is 16.9. The first kappa shape index (κ1) is 17.9. The molecule has 1 saturated carbocycles. The van der Waals surface area contributed by atoms with Crippen LogP contribution in [0.3, 0.4) is 0 Å². The van der Waals surface area contributed by atoms with E-state index in [-0.39, 0.29) is 0 Å². The monoisotopic (exact) mass is 380 g/mol. The zero-order valence-corrected chi connectivity index (χ0v) is 16.9. The van der Waals surface area contributed by atoms with E-state index in [1.165, 1.54) is 29.6 Å². The van der Waals surface area contributed by atoms with E-state index < -0.39 is 0 Å². The van der Waals surface area contributed by atoms with E-state index in [4.69, 9.17) is 14.7 Å². The number of hydrogen-bond donors (Lipinski definition) is 0. The number of para-hydroxylation sites is 1. The zero-order chi connectivity index (χ0) is 19.8. The lowest BCUT2D eigenvalue weighted by molar-refractivity contribution is 0.415. The van der Waals surface area contributed by atoms with Crippen molar-refractivity contribution < 1.29 is 4.74 Å². The second kappa shape index (κ2) is 7.32. The fourth-order valence-corrected chi connectivity index (χ4v) is 3.91. The molecule has 0 amide bonds. The Morgan fingerprint density at radius 2 is 1.83 bits per heavy atom. The van der Waals surface area contributed by atoms with Gasteiger partial charge in [-0.05, 0) is 55.9 Å². The Bertz CT molecular complexity index is 1180. The number of rotatable bonds is 4. The van der Waals surface area contributed by atoms with Gasteiger partial charge in [-0.3, -0.25) is 0 Å². The molecule has 3 nitrogen and oxygen atoms in total. The molecule has 144 valence electrons. The molecule has 3 aromatic rings. The van der Waals surface area contributed by atoms with Gasteiger partial charge in [0.05, 0.1) is 18.3 Å². The average molecular weight is 380 g/mol. The lowest BCUT2D eigenvalue weighted by Gasteiger charge is -2.12. The molecule has 0 unspecified atom stereocenters. The van der Waals surface area contributed by atoms with Gasteiger partial charge in [-0.2, -0.15) is 0 Å². The van der Waals surface area contributed by atoms with Crippen LogP contribution in [0.15, 0.2) is 77.9 Å². The Morgan fingerprint density at radius 3 is 2.66 bits per heavy atom. The van der Waals surface area contributed by atoms with Gasteiger partial charge < -0.3 is 4.74 Å². The Labute approximate surface area is 171 Å². The van der Waals surface area contributed by atoms with Gasteiger partial charge in [0, 0.05) is 16.5 Å². The number of allylic oxidation sites excluding steroid dienone is 6. The first-order chi connectivity index (χ1) is 14.2. The van der Waals surface area contributed by atoms with Crippen LogP contribution >= 0.6 is 0 Å². The largest absolute Gasteiger partial charge is 0.497 e. The summed E-state index contributed by atoms with van der Waals surface area (Å²) >= 11 is 0. The molecule has 2 aromatic carbocycles. The molecule has 29 heavy (non-hydrogen) atoms. The summed E-state index contributed by atoms with van der Waals surface area (Å²) in [4.78, 5) is 10.0. The summed E-state index contributed by atoms with van der Waals surface area (Å²) in [6.07, 6.45) is 10.4. The molecule has 1 fully saturated rings. The van der Waals surface area contributed by atoms with Crippen molar-refractivity contribution in [2.45, 2.75) is 26.2 Å². The third-order valence-corrected chi connectivity index (χ3v) is 5.66. The number of fused-ring (bicyclic) bond motifs is 1. The SMILES string of the molecule is COc1cccc(-c2nc(C3=CC(C4CC4)=CC(C)=CC3)nc3ccccc23)c1. The first-order valence-corrected chi connectivity index (χ1v) is 10.2. The minimum atomic E-state index is 0.699. The first-order valence-electron chi connectivity index (χ1n) is 10.2. The summed E-state index contributed by atoms with van der Waals surface area (Å²) in [5, 5.41) is 1.06. The van der Waals surface area contributed by atoms with Gasteiger partial charge >= 0.3 is 0 Å². The molecule has 0 N–H and O–H groups in total. The molecule has 3 heteroatoms. The van der Waals surface area contributed by atoms with Crippen LogP contribution in [0, 0.1) is 5.92 Å². The maximum Gasteiger partial charge on any atom is 0.156 e. The Balaban J connectivity index is 1.68. The lowest BCUT2D eigenvalue weighted by atomic mass is 10.0. The number of methoxy groups -OCH3 is 1. The Kier molecular flexibility index (Phi) is 4.51. The summed E-state index contributed by atoms with van der Waals surface area (Å²) in [5.74, 6) is 2.35. The average Bonchev–Trinajstić information content (AvgIpc) is 3.61. The maximum atomic E-state index is 5.44. The van der Waals surface area contributed by atoms with E-state index in [1.807, 2.05) is 30.3 Å². The van der Waals surface area contributed by atoms with Crippen molar-refractivity contribution in [1.29, 1.82) is 0 Å². The molecule has 2 aliphatic rings. The summed E-state index contributed by atoms with van der Waals surface area (Å²) in [7, 11) is 1.69. The molecule has 1 heterocycles. The van der Waals surface area contributed by atoms with Crippen molar-refractivity contribution >= 4 is 16.5 Å². The van der Waals surface area contributed by atoms with E-state index >= 15 is 0 Å². The molecule has 0 saturated heterocycles. The predicted molar refractivity (Wildman–Crippen MR) is 119 cm³/mol. The van der Waals surface area contributed by atoms with Gasteiger partial charge in [-0.25, -0.2) is 9.97 Å². The van der Waals surface area contributed by atoms with Crippen molar-refractivity contribution in [3.63, 3.8) is 0 Å². The summed E-state index contributed by atoms with van der Waals surface area (Å²) in [5.41, 5.74) is 6.90. The summed E-state index contributed by atoms with van der Waals surface area (Å²) < 4.78 is 5.44. The normalized spacial score (nSPS) is 16.7. The van der Waals surface area contributed by atoms with Crippen LogP contribution in [0.25, 0.3) is 27.7 Å². The van der Waals surface area contributed by atoms with Crippen molar-refractivity contribution in [3.05, 3.63) is 83.7 Å². The molecule has 5 rings (SSSR count). The van der Waals surface area contributed by atoms with Gasteiger partial charge in [-0.1, -0.05) is 54.1 Å². The Hall–Kier alpha value is -3.20. The number of nitrogens with zero attached hydrogens (tertiary/aromatic N) is 2. The van der Waals surface area contributed by atoms with E-state index in [9.17, 15) is 0 Å². The topological polar surface area (TPSA) is 35.0 Å². The standard InChI is InChI=1S/C26H24N2O/c1-17-10-11-20(15-21(14-17)18-12-13-18)26-27-24-9-4-3-8-23(24)25(28-26)19-6-5-7-22(16-19)29-2/h3-10,14-16,18H,11-13H2,1-2H3. The molecular weight excluding hydrogens is 356 g/mol. The molecule has 0 atom stereocenters. The number of hydrogen-bond acceptors (Lipinski definition) is 3.